The van der Waals surface area contributed by atoms with Crippen LogP contribution in [0, 0.1) is 11.3 Å². The first kappa shape index (κ1) is 26.4. The van der Waals surface area contributed by atoms with Gasteiger partial charge in [0.05, 0.1) is 22.9 Å². The van der Waals surface area contributed by atoms with E-state index in [9.17, 15) is 39.9 Å². The van der Waals surface area contributed by atoms with Crippen molar-refractivity contribution in [2.24, 2.45) is 7.05 Å². The van der Waals surface area contributed by atoms with E-state index in [0.717, 1.165) is 13.1 Å². The molecule has 0 bridgehead atoms. The molecule has 0 radical (unpaired) electrons. The number of alkyl halides is 8. The summed E-state index contributed by atoms with van der Waals surface area (Å²) in [5, 5.41) is 14.4. The Bertz CT molecular complexity index is 1430. The molecule has 0 atom stereocenters. The number of aromatic nitrogens is 3. The lowest BCUT2D eigenvalue weighted by atomic mass is 10.1. The molecule has 4 rings (SSSR count). The van der Waals surface area contributed by atoms with Gasteiger partial charge in [0.15, 0.2) is 11.5 Å². The SMILES string of the molecule is Cn1nc(C(F)(F)C(F)(F)F)c(C(F)(F)F)c1-c1cnc(-c2ccc(Cl)c(C(=O)NC3(C#N)CC3)c2)o1. The topological polar surface area (TPSA) is 96.7 Å². The van der Waals surface area contributed by atoms with Crippen LogP contribution in [0.25, 0.3) is 22.9 Å². The predicted molar refractivity (Wildman–Crippen MR) is 109 cm³/mol. The highest BCUT2D eigenvalue weighted by Crippen LogP contribution is 2.50. The van der Waals surface area contributed by atoms with Crippen LogP contribution in [0.1, 0.15) is 34.5 Å². The van der Waals surface area contributed by atoms with Crippen LogP contribution < -0.4 is 5.32 Å². The Balaban J connectivity index is 1.77. The molecule has 37 heavy (non-hydrogen) atoms. The maximum absolute atomic E-state index is 13.9. The van der Waals surface area contributed by atoms with Crippen molar-refractivity contribution in [2.45, 2.75) is 36.7 Å². The molecule has 0 saturated heterocycles. The summed E-state index contributed by atoms with van der Waals surface area (Å²) in [5.41, 5.74) is -7.25. The number of nitriles is 1. The molecule has 16 heteroatoms. The van der Waals surface area contributed by atoms with Crippen LogP contribution in [0.15, 0.2) is 28.8 Å². The van der Waals surface area contributed by atoms with Gasteiger partial charge in [-0.25, -0.2) is 4.98 Å². The van der Waals surface area contributed by atoms with E-state index < -0.39 is 58.3 Å². The Morgan fingerprint density at radius 3 is 2.38 bits per heavy atom. The van der Waals surface area contributed by atoms with E-state index in [1.807, 2.05) is 6.07 Å². The first-order chi connectivity index (χ1) is 17.0. The molecule has 1 aliphatic carbocycles. The van der Waals surface area contributed by atoms with Crippen molar-refractivity contribution in [1.29, 1.82) is 5.26 Å². The van der Waals surface area contributed by atoms with Crippen molar-refractivity contribution in [1.82, 2.24) is 20.1 Å². The zero-order valence-corrected chi connectivity index (χ0v) is 19.0. The minimum absolute atomic E-state index is 0.0131. The van der Waals surface area contributed by atoms with Crippen molar-refractivity contribution in [2.75, 3.05) is 0 Å². The molecule has 1 aliphatic rings. The highest BCUT2D eigenvalue weighted by molar-refractivity contribution is 6.34. The van der Waals surface area contributed by atoms with Crippen molar-refractivity contribution in [3.8, 4) is 29.0 Å². The fourth-order valence-corrected chi connectivity index (χ4v) is 3.66. The average Bonchev–Trinajstić information content (AvgIpc) is 3.21. The number of nitrogens with zero attached hydrogens (tertiary/aromatic N) is 4. The molecule has 2 heterocycles. The summed E-state index contributed by atoms with van der Waals surface area (Å²) >= 11 is 6.05. The van der Waals surface area contributed by atoms with Crippen LogP contribution in [0.2, 0.25) is 5.02 Å². The van der Waals surface area contributed by atoms with E-state index >= 15 is 0 Å². The summed E-state index contributed by atoms with van der Waals surface area (Å²) in [6.45, 7) is 0. The van der Waals surface area contributed by atoms with Gasteiger partial charge in [-0.15, -0.1) is 0 Å². The number of benzene rings is 1. The van der Waals surface area contributed by atoms with Crippen LogP contribution in [-0.4, -0.2) is 32.4 Å². The highest BCUT2D eigenvalue weighted by atomic mass is 35.5. The number of rotatable bonds is 5. The van der Waals surface area contributed by atoms with Crippen LogP contribution in [0.3, 0.4) is 0 Å². The van der Waals surface area contributed by atoms with Gasteiger partial charge in [-0.3, -0.25) is 9.48 Å². The molecule has 2 aromatic heterocycles. The van der Waals surface area contributed by atoms with Crippen molar-refractivity contribution in [3.63, 3.8) is 0 Å². The zero-order valence-electron chi connectivity index (χ0n) is 18.2. The molecular weight excluding hydrogens is 542 g/mol. The number of aryl methyl sites for hydroxylation is 1. The number of carbonyl (C=O) groups is 1. The molecule has 0 unspecified atom stereocenters. The van der Waals surface area contributed by atoms with Gasteiger partial charge in [0.2, 0.25) is 5.89 Å². The van der Waals surface area contributed by atoms with E-state index in [0.29, 0.717) is 19.0 Å². The quantitative estimate of drug-likeness (QED) is 0.400. The van der Waals surface area contributed by atoms with E-state index in [1.54, 1.807) is 0 Å². The second-order valence-corrected chi connectivity index (χ2v) is 8.55. The number of oxazole rings is 1. The maximum Gasteiger partial charge on any atom is 0.459 e. The lowest BCUT2D eigenvalue weighted by molar-refractivity contribution is -0.292. The Morgan fingerprint density at radius 1 is 1.19 bits per heavy atom. The minimum Gasteiger partial charge on any atom is -0.434 e. The second-order valence-electron chi connectivity index (χ2n) is 8.14. The van der Waals surface area contributed by atoms with Gasteiger partial charge in [-0.2, -0.15) is 45.5 Å². The third-order valence-electron chi connectivity index (χ3n) is 5.50. The molecule has 1 saturated carbocycles. The van der Waals surface area contributed by atoms with Gasteiger partial charge in [0, 0.05) is 12.6 Å². The molecule has 0 spiro atoms. The molecule has 7 nitrogen and oxygen atoms in total. The van der Waals surface area contributed by atoms with E-state index in [2.05, 4.69) is 15.4 Å². The lowest BCUT2D eigenvalue weighted by Gasteiger charge is -2.19. The van der Waals surface area contributed by atoms with Crippen molar-refractivity contribution < 1.29 is 44.3 Å². The normalized spacial score (nSPS) is 15.4. The van der Waals surface area contributed by atoms with Crippen LogP contribution in [-0.2, 0) is 19.1 Å². The molecule has 1 fully saturated rings. The first-order valence-electron chi connectivity index (χ1n) is 10.1. The summed E-state index contributed by atoms with van der Waals surface area (Å²) < 4.78 is 113. The Kier molecular flexibility index (Phi) is 6.02. The average molecular weight is 554 g/mol. The summed E-state index contributed by atoms with van der Waals surface area (Å²) in [6, 6.07) is 5.65. The molecule has 1 aromatic carbocycles. The van der Waals surface area contributed by atoms with Crippen molar-refractivity contribution >= 4 is 17.5 Å². The molecule has 1 amide bonds. The van der Waals surface area contributed by atoms with Crippen LogP contribution in [0.4, 0.5) is 35.1 Å². The molecular formula is C21H12ClF8N5O2. The summed E-state index contributed by atoms with van der Waals surface area (Å²) in [6.07, 6.45) is -10.5. The maximum atomic E-state index is 13.9. The molecule has 1 N–H and O–H groups in total. The third-order valence-corrected chi connectivity index (χ3v) is 5.83. The smallest absolute Gasteiger partial charge is 0.434 e. The lowest BCUT2D eigenvalue weighted by Crippen LogP contribution is -2.36. The number of hydrogen-bond donors (Lipinski definition) is 1. The van der Waals surface area contributed by atoms with Gasteiger partial charge in [0.1, 0.15) is 16.8 Å². The summed E-state index contributed by atoms with van der Waals surface area (Å²) in [7, 11) is 0.733. The van der Waals surface area contributed by atoms with Gasteiger partial charge in [-0.1, -0.05) is 11.6 Å². The second kappa shape index (κ2) is 8.44. The molecule has 3 aromatic rings. The number of carbonyl (C=O) groups excluding carboxylic acids is 1. The number of hydrogen-bond acceptors (Lipinski definition) is 5. The van der Waals surface area contributed by atoms with Crippen LogP contribution >= 0.6 is 11.6 Å². The zero-order chi connectivity index (χ0) is 27.6. The van der Waals surface area contributed by atoms with Crippen molar-refractivity contribution in [3.05, 3.63) is 46.2 Å². The Labute approximate surface area is 206 Å². The summed E-state index contributed by atoms with van der Waals surface area (Å²) in [4.78, 5) is 16.3. The van der Waals surface area contributed by atoms with Gasteiger partial charge in [-0.05, 0) is 31.0 Å². The van der Waals surface area contributed by atoms with E-state index in [4.69, 9.17) is 21.3 Å². The van der Waals surface area contributed by atoms with E-state index in [-0.39, 0.29) is 20.8 Å². The van der Waals surface area contributed by atoms with Gasteiger partial charge < -0.3 is 9.73 Å². The summed E-state index contributed by atoms with van der Waals surface area (Å²) in [5.74, 6) is -7.86. The number of halogens is 9. The largest absolute Gasteiger partial charge is 0.459 e. The standard InChI is InChI=1S/C21H12ClF8N5O2/c1-35-14(13(20(25,26)27)15(34-35)19(23,24)21(28,29)30)12-7-32-17(37-12)9-2-3-11(22)10(6-9)16(36)33-18(8-31)4-5-18/h2-3,6-7H,4-5H2,1H3,(H,33,36). The highest BCUT2D eigenvalue weighted by Gasteiger charge is 2.64. The van der Waals surface area contributed by atoms with Gasteiger partial charge >= 0.3 is 18.3 Å². The molecule has 196 valence electrons. The number of amides is 1. The van der Waals surface area contributed by atoms with E-state index in [1.165, 1.54) is 12.1 Å². The predicted octanol–water partition coefficient (Wildman–Crippen LogP) is 5.85. The Hall–Kier alpha value is -3.67. The van der Waals surface area contributed by atoms with Crippen LogP contribution in [0.5, 0.6) is 0 Å². The monoisotopic (exact) mass is 553 g/mol. The van der Waals surface area contributed by atoms with Gasteiger partial charge in [0.25, 0.3) is 5.91 Å². The third kappa shape index (κ3) is 4.61. The fourth-order valence-electron chi connectivity index (χ4n) is 3.45. The minimum atomic E-state index is -6.35. The molecule has 0 aliphatic heterocycles. The Morgan fingerprint density at radius 2 is 1.84 bits per heavy atom. The fraction of sp³-hybridized carbons (Fsp3) is 0.333. The number of nitrogens with one attached hydrogen (secondary N) is 1. The first-order valence-corrected chi connectivity index (χ1v) is 10.5.